The zero-order chi connectivity index (χ0) is 17.6. The molecule has 0 aliphatic carbocycles. The van der Waals surface area contributed by atoms with Crippen molar-refractivity contribution in [2.24, 2.45) is 0 Å². The van der Waals surface area contributed by atoms with Crippen LogP contribution in [0.5, 0.6) is 0 Å². The van der Waals surface area contributed by atoms with E-state index in [1.54, 1.807) is 22.0 Å². The molecule has 7 heteroatoms. The molecule has 0 saturated carbocycles. The van der Waals surface area contributed by atoms with E-state index in [2.05, 4.69) is 4.98 Å². The zero-order valence-corrected chi connectivity index (χ0v) is 15.6. The molecule has 3 rings (SSSR count). The first-order valence-corrected chi connectivity index (χ1v) is 9.96. The van der Waals surface area contributed by atoms with Crippen molar-refractivity contribution in [3.8, 4) is 0 Å². The minimum Gasteiger partial charge on any atom is -0.390 e. The Morgan fingerprint density at radius 1 is 1.32 bits per heavy atom. The van der Waals surface area contributed by atoms with E-state index < -0.39 is 6.10 Å². The molecule has 0 radical (unpaired) electrons. The quantitative estimate of drug-likeness (QED) is 0.483. The number of hydrogen-bond acceptors (Lipinski definition) is 6. The van der Waals surface area contributed by atoms with Crippen molar-refractivity contribution in [3.63, 3.8) is 0 Å². The topological polar surface area (TPSA) is 64.3 Å². The molecule has 0 bridgehead atoms. The average molecular weight is 377 g/mol. The predicted molar refractivity (Wildman–Crippen MR) is 102 cm³/mol. The van der Waals surface area contributed by atoms with Crippen molar-refractivity contribution >= 4 is 34.0 Å². The van der Waals surface area contributed by atoms with Crippen LogP contribution in [0, 0.1) is 0 Å². The van der Waals surface area contributed by atoms with Gasteiger partial charge < -0.3 is 9.84 Å². The minimum absolute atomic E-state index is 0.0426. The summed E-state index contributed by atoms with van der Waals surface area (Å²) in [6, 6.07) is 11.3. The smallest absolute Gasteiger partial charge is 0.262 e. The van der Waals surface area contributed by atoms with Crippen LogP contribution in [0.15, 0.2) is 51.7 Å². The number of thiophene rings is 1. The zero-order valence-electron chi connectivity index (χ0n) is 13.9. The fourth-order valence-corrected chi connectivity index (χ4v) is 4.05. The SMILES string of the molecule is CCn1c(SC[C@@H](O)COCc2cccs2)nc2ccccc2c1=O. The summed E-state index contributed by atoms with van der Waals surface area (Å²) in [5, 5.41) is 13.4. The van der Waals surface area contributed by atoms with Crippen molar-refractivity contribution in [2.45, 2.75) is 31.3 Å². The van der Waals surface area contributed by atoms with Crippen molar-refractivity contribution in [3.05, 3.63) is 57.0 Å². The molecule has 25 heavy (non-hydrogen) atoms. The molecule has 0 spiro atoms. The van der Waals surface area contributed by atoms with Gasteiger partial charge in [-0.15, -0.1) is 11.3 Å². The molecule has 0 amide bonds. The van der Waals surface area contributed by atoms with Crippen molar-refractivity contribution in [1.29, 1.82) is 0 Å². The van der Waals surface area contributed by atoms with Gasteiger partial charge in [-0.3, -0.25) is 9.36 Å². The highest BCUT2D eigenvalue weighted by Crippen LogP contribution is 2.19. The number of nitrogens with zero attached hydrogens (tertiary/aromatic N) is 2. The van der Waals surface area contributed by atoms with Gasteiger partial charge in [-0.1, -0.05) is 30.0 Å². The number of benzene rings is 1. The molecule has 132 valence electrons. The van der Waals surface area contributed by atoms with E-state index in [1.165, 1.54) is 11.8 Å². The Morgan fingerprint density at radius 3 is 2.92 bits per heavy atom. The first-order chi connectivity index (χ1) is 12.2. The molecule has 0 fully saturated rings. The Labute approximate surface area is 154 Å². The van der Waals surface area contributed by atoms with Crippen LogP contribution >= 0.6 is 23.1 Å². The van der Waals surface area contributed by atoms with Gasteiger partial charge in [0.2, 0.25) is 0 Å². The summed E-state index contributed by atoms with van der Waals surface area (Å²) in [5.41, 5.74) is 0.641. The van der Waals surface area contributed by atoms with E-state index in [9.17, 15) is 9.90 Å². The van der Waals surface area contributed by atoms with E-state index in [0.29, 0.717) is 35.0 Å². The summed E-state index contributed by atoms with van der Waals surface area (Å²) in [6.45, 7) is 3.23. The Kier molecular flexibility index (Phi) is 6.25. The number of hydrogen-bond donors (Lipinski definition) is 1. The van der Waals surface area contributed by atoms with Crippen molar-refractivity contribution < 1.29 is 9.84 Å². The van der Waals surface area contributed by atoms with E-state index >= 15 is 0 Å². The second kappa shape index (κ2) is 8.62. The molecular weight excluding hydrogens is 356 g/mol. The lowest BCUT2D eigenvalue weighted by Crippen LogP contribution is -2.24. The van der Waals surface area contributed by atoms with Crippen LogP contribution in [0.4, 0.5) is 0 Å². The highest BCUT2D eigenvalue weighted by molar-refractivity contribution is 7.99. The van der Waals surface area contributed by atoms with Gasteiger partial charge in [0.1, 0.15) is 0 Å². The Bertz CT molecular complexity index is 878. The lowest BCUT2D eigenvalue weighted by molar-refractivity contribution is 0.0408. The predicted octanol–water partition coefficient (Wildman–Crippen LogP) is 3.15. The molecule has 1 atom stereocenters. The van der Waals surface area contributed by atoms with Gasteiger partial charge in [-0.05, 0) is 30.5 Å². The molecule has 0 saturated heterocycles. The minimum atomic E-state index is -0.612. The number of aromatic nitrogens is 2. The lowest BCUT2D eigenvalue weighted by Gasteiger charge is -2.14. The Hall–Kier alpha value is -1.67. The van der Waals surface area contributed by atoms with Crippen LogP contribution in [0.3, 0.4) is 0 Å². The summed E-state index contributed by atoms with van der Waals surface area (Å²) in [4.78, 5) is 18.3. The molecule has 2 aromatic heterocycles. The lowest BCUT2D eigenvalue weighted by atomic mass is 10.2. The van der Waals surface area contributed by atoms with Crippen molar-refractivity contribution in [2.75, 3.05) is 12.4 Å². The third-order valence-corrected chi connectivity index (χ3v) is 5.65. The number of rotatable bonds is 8. The van der Waals surface area contributed by atoms with Gasteiger partial charge in [0.05, 0.1) is 30.2 Å². The third kappa shape index (κ3) is 4.49. The van der Waals surface area contributed by atoms with E-state index in [4.69, 9.17) is 4.74 Å². The van der Waals surface area contributed by atoms with Crippen LogP contribution in [0.1, 0.15) is 11.8 Å². The van der Waals surface area contributed by atoms with Crippen molar-refractivity contribution in [1.82, 2.24) is 9.55 Å². The fraction of sp³-hybridized carbons (Fsp3) is 0.333. The van der Waals surface area contributed by atoms with Crippen LogP contribution < -0.4 is 5.56 Å². The number of ether oxygens (including phenoxy) is 1. The van der Waals surface area contributed by atoms with Gasteiger partial charge >= 0.3 is 0 Å². The second-order valence-electron chi connectivity index (χ2n) is 5.52. The monoisotopic (exact) mass is 376 g/mol. The largest absolute Gasteiger partial charge is 0.390 e. The van der Waals surface area contributed by atoms with Gasteiger partial charge in [0, 0.05) is 17.2 Å². The number of thioether (sulfide) groups is 1. The standard InChI is InChI=1S/C18H20N2O3S2/c1-2-20-17(22)15-7-3-4-8-16(15)19-18(20)25-12-13(21)10-23-11-14-6-5-9-24-14/h3-9,13,21H,2,10-12H2,1H3/t13-/m0/s1. The summed E-state index contributed by atoms with van der Waals surface area (Å²) in [6.07, 6.45) is -0.612. The van der Waals surface area contributed by atoms with E-state index in [-0.39, 0.29) is 12.2 Å². The number of aliphatic hydroxyl groups is 1. The maximum atomic E-state index is 12.6. The molecule has 0 unspecified atom stereocenters. The van der Waals surface area contributed by atoms with Crippen LogP contribution in [0.25, 0.3) is 10.9 Å². The summed E-state index contributed by atoms with van der Waals surface area (Å²) in [7, 11) is 0. The van der Waals surface area contributed by atoms with Gasteiger partial charge in [0.25, 0.3) is 5.56 Å². The summed E-state index contributed by atoms with van der Waals surface area (Å²) in [5.74, 6) is 0.426. The Balaban J connectivity index is 1.63. The second-order valence-corrected chi connectivity index (χ2v) is 7.54. The van der Waals surface area contributed by atoms with Gasteiger partial charge in [0.15, 0.2) is 5.16 Å². The molecule has 0 aliphatic heterocycles. The fourth-order valence-electron chi connectivity index (χ4n) is 2.45. The maximum absolute atomic E-state index is 12.6. The number of para-hydroxylation sites is 1. The third-order valence-electron chi connectivity index (χ3n) is 3.68. The summed E-state index contributed by atoms with van der Waals surface area (Å²) >= 11 is 3.01. The summed E-state index contributed by atoms with van der Waals surface area (Å²) < 4.78 is 7.18. The van der Waals surface area contributed by atoms with Gasteiger partial charge in [-0.2, -0.15) is 0 Å². The van der Waals surface area contributed by atoms with Crippen LogP contribution in [0.2, 0.25) is 0 Å². The maximum Gasteiger partial charge on any atom is 0.262 e. The molecule has 1 aromatic carbocycles. The number of fused-ring (bicyclic) bond motifs is 1. The number of aliphatic hydroxyl groups excluding tert-OH is 1. The highest BCUT2D eigenvalue weighted by Gasteiger charge is 2.13. The first-order valence-electron chi connectivity index (χ1n) is 8.09. The molecule has 3 aromatic rings. The van der Waals surface area contributed by atoms with Gasteiger partial charge in [-0.25, -0.2) is 4.98 Å². The first kappa shape index (κ1) is 18.1. The van der Waals surface area contributed by atoms with Crippen LogP contribution in [-0.2, 0) is 17.9 Å². The average Bonchev–Trinajstić information content (AvgIpc) is 3.13. The highest BCUT2D eigenvalue weighted by atomic mass is 32.2. The normalized spacial score (nSPS) is 12.6. The van der Waals surface area contributed by atoms with Crippen LogP contribution in [-0.4, -0.2) is 33.1 Å². The molecule has 1 N–H and O–H groups in total. The molecule has 2 heterocycles. The molecule has 5 nitrogen and oxygen atoms in total. The van der Waals surface area contributed by atoms with E-state index in [0.717, 1.165) is 4.88 Å². The Morgan fingerprint density at radius 2 is 2.16 bits per heavy atom. The van der Waals surface area contributed by atoms with E-state index in [1.807, 2.05) is 42.6 Å². The molecular formula is C18H20N2O3S2. The molecule has 0 aliphatic rings.